The zero-order valence-corrected chi connectivity index (χ0v) is 14.4. The van der Waals surface area contributed by atoms with Crippen LogP contribution in [0.15, 0.2) is 16.6 Å². The van der Waals surface area contributed by atoms with E-state index < -0.39 is 0 Å². The number of thiophene rings is 2. The van der Waals surface area contributed by atoms with Gasteiger partial charge in [0.05, 0.1) is 0 Å². The molecule has 18 heavy (non-hydrogen) atoms. The second-order valence-corrected chi connectivity index (χ2v) is 8.24. The van der Waals surface area contributed by atoms with Crippen molar-refractivity contribution in [3.8, 4) is 0 Å². The first-order chi connectivity index (χ1) is 8.47. The van der Waals surface area contributed by atoms with Crippen molar-refractivity contribution in [1.82, 2.24) is 5.32 Å². The van der Waals surface area contributed by atoms with E-state index in [9.17, 15) is 0 Å². The Hall–Kier alpha value is -0.160. The molecule has 0 saturated carbocycles. The van der Waals surface area contributed by atoms with Crippen LogP contribution >= 0.6 is 38.6 Å². The summed E-state index contributed by atoms with van der Waals surface area (Å²) in [5.74, 6) is 0. The van der Waals surface area contributed by atoms with Gasteiger partial charge in [0.15, 0.2) is 0 Å². The van der Waals surface area contributed by atoms with E-state index >= 15 is 0 Å². The fraction of sp³-hybridized carbons (Fsp3) is 0.429. The summed E-state index contributed by atoms with van der Waals surface area (Å²) in [4.78, 5) is 5.56. The lowest BCUT2D eigenvalue weighted by Crippen LogP contribution is -2.17. The van der Waals surface area contributed by atoms with Crippen molar-refractivity contribution in [3.05, 3.63) is 41.7 Å². The largest absolute Gasteiger partial charge is 0.305 e. The van der Waals surface area contributed by atoms with Crippen LogP contribution in [0.5, 0.6) is 0 Å². The van der Waals surface area contributed by atoms with Gasteiger partial charge in [-0.3, -0.25) is 0 Å². The molecule has 2 rings (SSSR count). The van der Waals surface area contributed by atoms with Crippen LogP contribution in [0.1, 0.15) is 38.0 Å². The molecular formula is C14H18BrNS2. The van der Waals surface area contributed by atoms with Gasteiger partial charge < -0.3 is 5.32 Å². The fourth-order valence-corrected chi connectivity index (χ4v) is 4.62. The van der Waals surface area contributed by atoms with Gasteiger partial charge in [-0.25, -0.2) is 0 Å². The van der Waals surface area contributed by atoms with Crippen LogP contribution in [0, 0.1) is 20.8 Å². The SMILES string of the molecule is Cc1cc(C(C)NCc2cc(Br)c(C)s2)c(C)s1. The summed E-state index contributed by atoms with van der Waals surface area (Å²) in [5, 5.41) is 3.61. The second kappa shape index (κ2) is 5.87. The molecule has 98 valence electrons. The first-order valence-electron chi connectivity index (χ1n) is 6.02. The maximum Gasteiger partial charge on any atom is 0.0314 e. The molecule has 0 aromatic carbocycles. The van der Waals surface area contributed by atoms with Crippen molar-refractivity contribution in [2.45, 2.75) is 40.3 Å². The molecule has 0 aliphatic rings. The number of rotatable bonds is 4. The summed E-state index contributed by atoms with van der Waals surface area (Å²) in [6, 6.07) is 4.93. The molecule has 1 unspecified atom stereocenters. The van der Waals surface area contributed by atoms with Gasteiger partial charge in [-0.15, -0.1) is 22.7 Å². The summed E-state index contributed by atoms with van der Waals surface area (Å²) >= 11 is 7.30. The third-order valence-electron chi connectivity index (χ3n) is 3.04. The summed E-state index contributed by atoms with van der Waals surface area (Å²) in [6.45, 7) is 9.70. The van der Waals surface area contributed by atoms with E-state index in [4.69, 9.17) is 0 Å². The third-order valence-corrected chi connectivity index (χ3v) is 6.15. The quantitative estimate of drug-likeness (QED) is 0.788. The smallest absolute Gasteiger partial charge is 0.0314 e. The molecule has 1 atom stereocenters. The van der Waals surface area contributed by atoms with Crippen LogP contribution in [0.3, 0.4) is 0 Å². The van der Waals surface area contributed by atoms with E-state index in [0.717, 1.165) is 6.54 Å². The van der Waals surface area contributed by atoms with Crippen LogP contribution in [0.25, 0.3) is 0 Å². The predicted molar refractivity (Wildman–Crippen MR) is 85.8 cm³/mol. The number of aryl methyl sites for hydroxylation is 3. The molecule has 0 aliphatic carbocycles. The summed E-state index contributed by atoms with van der Waals surface area (Å²) in [7, 11) is 0. The lowest BCUT2D eigenvalue weighted by molar-refractivity contribution is 0.578. The van der Waals surface area contributed by atoms with Gasteiger partial charge in [-0.05, 0) is 61.3 Å². The minimum atomic E-state index is 0.413. The molecule has 1 N–H and O–H groups in total. The average Bonchev–Trinajstić information content (AvgIpc) is 2.79. The van der Waals surface area contributed by atoms with Crippen molar-refractivity contribution in [2.24, 2.45) is 0 Å². The molecule has 0 aliphatic heterocycles. The zero-order chi connectivity index (χ0) is 13.3. The van der Waals surface area contributed by atoms with Crippen LogP contribution < -0.4 is 5.32 Å². The minimum absolute atomic E-state index is 0.413. The van der Waals surface area contributed by atoms with Gasteiger partial charge in [0.2, 0.25) is 0 Å². The Morgan fingerprint density at radius 2 is 1.89 bits per heavy atom. The Morgan fingerprint density at radius 3 is 2.39 bits per heavy atom. The Bertz CT molecular complexity index is 522. The zero-order valence-electron chi connectivity index (χ0n) is 11.1. The Kier molecular flexibility index (Phi) is 4.64. The molecule has 0 spiro atoms. The average molecular weight is 344 g/mol. The van der Waals surface area contributed by atoms with Gasteiger partial charge in [0.1, 0.15) is 0 Å². The van der Waals surface area contributed by atoms with Crippen molar-refractivity contribution in [3.63, 3.8) is 0 Å². The lowest BCUT2D eigenvalue weighted by atomic mass is 10.1. The Labute approximate surface area is 125 Å². The van der Waals surface area contributed by atoms with Gasteiger partial charge >= 0.3 is 0 Å². The van der Waals surface area contributed by atoms with Crippen LogP contribution in [0.4, 0.5) is 0 Å². The van der Waals surface area contributed by atoms with Crippen molar-refractivity contribution in [2.75, 3.05) is 0 Å². The van der Waals surface area contributed by atoms with E-state index in [1.54, 1.807) is 0 Å². The predicted octanol–water partition coefficient (Wildman–Crippen LogP) is 5.35. The topological polar surface area (TPSA) is 12.0 Å². The molecule has 0 amide bonds. The molecule has 0 radical (unpaired) electrons. The highest BCUT2D eigenvalue weighted by molar-refractivity contribution is 9.10. The fourth-order valence-electron chi connectivity index (χ4n) is 2.05. The van der Waals surface area contributed by atoms with Crippen LogP contribution in [-0.4, -0.2) is 0 Å². The Morgan fingerprint density at radius 1 is 1.17 bits per heavy atom. The summed E-state index contributed by atoms with van der Waals surface area (Å²) < 4.78 is 1.22. The van der Waals surface area contributed by atoms with Crippen molar-refractivity contribution in [1.29, 1.82) is 0 Å². The van der Waals surface area contributed by atoms with Gasteiger partial charge in [-0.2, -0.15) is 0 Å². The first-order valence-corrected chi connectivity index (χ1v) is 8.45. The van der Waals surface area contributed by atoms with Gasteiger partial charge in [-0.1, -0.05) is 0 Å². The highest BCUT2D eigenvalue weighted by Gasteiger charge is 2.11. The van der Waals surface area contributed by atoms with Crippen LogP contribution in [-0.2, 0) is 6.54 Å². The molecule has 2 aromatic rings. The maximum atomic E-state index is 3.61. The lowest BCUT2D eigenvalue weighted by Gasteiger charge is -2.13. The van der Waals surface area contributed by atoms with E-state index in [-0.39, 0.29) is 0 Å². The van der Waals surface area contributed by atoms with Crippen LogP contribution in [0.2, 0.25) is 0 Å². The van der Waals surface area contributed by atoms with E-state index in [1.807, 2.05) is 22.7 Å². The monoisotopic (exact) mass is 343 g/mol. The van der Waals surface area contributed by atoms with E-state index in [2.05, 4.69) is 61.1 Å². The van der Waals surface area contributed by atoms with Gasteiger partial charge in [0, 0.05) is 36.6 Å². The molecule has 2 aromatic heterocycles. The Balaban J connectivity index is 2.00. The molecule has 1 nitrogen and oxygen atoms in total. The second-order valence-electron chi connectivity index (χ2n) is 4.59. The van der Waals surface area contributed by atoms with Gasteiger partial charge in [0.25, 0.3) is 0 Å². The highest BCUT2D eigenvalue weighted by Crippen LogP contribution is 2.28. The standard InChI is InChI=1S/C14H18BrNS2/c1-8-5-13(10(3)17-8)9(2)16-7-12-6-14(15)11(4)18-12/h5-6,9,16H,7H2,1-4H3. The molecule has 0 fully saturated rings. The minimum Gasteiger partial charge on any atom is -0.305 e. The van der Waals surface area contributed by atoms with E-state index in [0.29, 0.717) is 6.04 Å². The molecule has 2 heterocycles. The molecule has 0 bridgehead atoms. The molecule has 0 saturated heterocycles. The number of halogens is 1. The van der Waals surface area contributed by atoms with Crippen molar-refractivity contribution < 1.29 is 0 Å². The number of hydrogen-bond acceptors (Lipinski definition) is 3. The maximum absolute atomic E-state index is 3.61. The number of hydrogen-bond donors (Lipinski definition) is 1. The normalized spacial score (nSPS) is 12.9. The number of nitrogens with one attached hydrogen (secondary N) is 1. The molecule has 4 heteroatoms. The highest BCUT2D eigenvalue weighted by atomic mass is 79.9. The molecular weight excluding hydrogens is 326 g/mol. The first kappa shape index (κ1) is 14.3. The summed E-state index contributed by atoms with van der Waals surface area (Å²) in [6.07, 6.45) is 0. The third kappa shape index (κ3) is 3.23. The van der Waals surface area contributed by atoms with Crippen molar-refractivity contribution >= 4 is 38.6 Å². The summed E-state index contributed by atoms with van der Waals surface area (Å²) in [5.41, 5.74) is 1.44. The van der Waals surface area contributed by atoms with E-state index in [1.165, 1.54) is 29.5 Å².